The minimum absolute atomic E-state index is 0.0600. The molecule has 1 N–H and O–H groups in total. The number of hydrogen-bond donors (Lipinski definition) is 1. The number of benzene rings is 1. The topological polar surface area (TPSA) is 89.5 Å². The van der Waals surface area contributed by atoms with E-state index in [-0.39, 0.29) is 11.5 Å². The molecule has 0 aliphatic carbocycles. The number of carbonyl (C=O) groups excluding carboxylic acids is 2. The van der Waals surface area contributed by atoms with Crippen LogP contribution in [0.1, 0.15) is 13.3 Å². The smallest absolute Gasteiger partial charge is 0.319 e. The number of rotatable bonds is 6. The van der Waals surface area contributed by atoms with Crippen molar-refractivity contribution in [2.45, 2.75) is 29.5 Å². The summed E-state index contributed by atoms with van der Waals surface area (Å²) in [6.07, 6.45) is 0.394. The van der Waals surface area contributed by atoms with Crippen molar-refractivity contribution in [1.82, 2.24) is 5.32 Å². The molecule has 1 aromatic carbocycles. The molecule has 0 bridgehead atoms. The first-order valence-corrected chi connectivity index (χ1v) is 10.4. The Morgan fingerprint density at radius 1 is 1.38 bits per heavy atom. The molecule has 1 fully saturated rings. The fourth-order valence-corrected chi connectivity index (χ4v) is 4.86. The summed E-state index contributed by atoms with van der Waals surface area (Å²) in [5.74, 6) is -0.986. The van der Waals surface area contributed by atoms with Gasteiger partial charge in [-0.05, 0) is 37.6 Å². The Kier molecular flexibility index (Phi) is 6.54. The number of carbonyl (C=O) groups is 2. The highest BCUT2D eigenvalue weighted by atomic mass is 35.5. The van der Waals surface area contributed by atoms with Crippen LogP contribution in [-0.4, -0.2) is 49.7 Å². The van der Waals surface area contributed by atoms with Crippen LogP contribution in [0, 0.1) is 0 Å². The quantitative estimate of drug-likeness (QED) is 0.586. The molecule has 24 heavy (non-hydrogen) atoms. The zero-order valence-electron chi connectivity index (χ0n) is 13.0. The van der Waals surface area contributed by atoms with Crippen LogP contribution >= 0.6 is 23.4 Å². The predicted molar refractivity (Wildman–Crippen MR) is 92.9 cm³/mol. The highest BCUT2D eigenvalue weighted by molar-refractivity contribution is 8.00. The molecule has 6 nitrogen and oxygen atoms in total. The molecule has 132 valence electrons. The highest BCUT2D eigenvalue weighted by Crippen LogP contribution is 2.25. The van der Waals surface area contributed by atoms with Gasteiger partial charge in [0.25, 0.3) is 5.91 Å². The Balaban J connectivity index is 1.73. The van der Waals surface area contributed by atoms with Crippen molar-refractivity contribution in [1.29, 1.82) is 0 Å². The van der Waals surface area contributed by atoms with Crippen LogP contribution in [-0.2, 0) is 24.2 Å². The van der Waals surface area contributed by atoms with Crippen LogP contribution in [0.15, 0.2) is 29.2 Å². The van der Waals surface area contributed by atoms with Gasteiger partial charge in [0.05, 0.1) is 11.5 Å². The summed E-state index contributed by atoms with van der Waals surface area (Å²) in [6, 6.07) is 6.64. The normalized spacial score (nSPS) is 20.3. The zero-order chi connectivity index (χ0) is 17.7. The SMILES string of the molecule is C[C@H](Sc1ccc(Cl)cc1)C(=O)OCC(=O)N[C@@H]1CCS(=O)(=O)C1. The van der Waals surface area contributed by atoms with Gasteiger partial charge in [-0.1, -0.05) is 11.6 Å². The lowest BCUT2D eigenvalue weighted by Gasteiger charge is -2.13. The minimum atomic E-state index is -3.06. The second kappa shape index (κ2) is 8.22. The van der Waals surface area contributed by atoms with E-state index in [1.165, 1.54) is 11.8 Å². The van der Waals surface area contributed by atoms with E-state index in [1.54, 1.807) is 31.2 Å². The summed E-state index contributed by atoms with van der Waals surface area (Å²) in [5.41, 5.74) is 0. The maximum Gasteiger partial charge on any atom is 0.319 e. The fourth-order valence-electron chi connectivity index (χ4n) is 2.20. The van der Waals surface area contributed by atoms with E-state index in [4.69, 9.17) is 16.3 Å². The van der Waals surface area contributed by atoms with Crippen LogP contribution in [0.4, 0.5) is 0 Å². The fraction of sp³-hybridized carbons (Fsp3) is 0.467. The van der Waals surface area contributed by atoms with Gasteiger partial charge in [0.15, 0.2) is 16.4 Å². The Morgan fingerprint density at radius 3 is 2.62 bits per heavy atom. The molecule has 2 atom stereocenters. The Labute approximate surface area is 150 Å². The number of halogens is 1. The number of sulfone groups is 1. The van der Waals surface area contributed by atoms with Gasteiger partial charge >= 0.3 is 5.97 Å². The van der Waals surface area contributed by atoms with Gasteiger partial charge in [-0.15, -0.1) is 11.8 Å². The van der Waals surface area contributed by atoms with E-state index < -0.39 is 39.6 Å². The van der Waals surface area contributed by atoms with Gasteiger partial charge in [0.1, 0.15) is 5.25 Å². The van der Waals surface area contributed by atoms with Crippen LogP contribution in [0.3, 0.4) is 0 Å². The average Bonchev–Trinajstić information content (AvgIpc) is 2.85. The van der Waals surface area contributed by atoms with Crippen molar-refractivity contribution < 1.29 is 22.7 Å². The molecule has 1 heterocycles. The molecular formula is C15H18ClNO5S2. The van der Waals surface area contributed by atoms with Crippen LogP contribution in [0.5, 0.6) is 0 Å². The number of esters is 1. The summed E-state index contributed by atoms with van der Waals surface area (Å²) in [4.78, 5) is 24.5. The monoisotopic (exact) mass is 391 g/mol. The van der Waals surface area contributed by atoms with E-state index in [9.17, 15) is 18.0 Å². The zero-order valence-corrected chi connectivity index (χ0v) is 15.4. The number of ether oxygens (including phenoxy) is 1. The van der Waals surface area contributed by atoms with E-state index in [1.807, 2.05) is 0 Å². The first-order chi connectivity index (χ1) is 11.2. The van der Waals surface area contributed by atoms with Crippen molar-refractivity contribution in [2.75, 3.05) is 18.1 Å². The van der Waals surface area contributed by atoms with Crippen LogP contribution in [0.2, 0.25) is 5.02 Å². The third kappa shape index (κ3) is 5.99. The summed E-state index contributed by atoms with van der Waals surface area (Å²) in [6.45, 7) is 1.27. The number of nitrogens with one attached hydrogen (secondary N) is 1. The molecule has 1 aliphatic heterocycles. The number of amides is 1. The molecule has 1 saturated heterocycles. The summed E-state index contributed by atoms with van der Waals surface area (Å²) >= 11 is 7.10. The Hall–Kier alpha value is -1.25. The van der Waals surface area contributed by atoms with Gasteiger partial charge in [-0.25, -0.2) is 8.42 Å². The number of hydrogen-bond acceptors (Lipinski definition) is 6. The van der Waals surface area contributed by atoms with Gasteiger partial charge in [-0.3, -0.25) is 9.59 Å². The summed E-state index contributed by atoms with van der Waals surface area (Å²) in [7, 11) is -3.06. The molecule has 0 aromatic heterocycles. The molecule has 2 rings (SSSR count). The van der Waals surface area contributed by atoms with E-state index in [0.717, 1.165) is 4.90 Å². The second-order valence-corrected chi connectivity index (χ2v) is 9.57. The van der Waals surface area contributed by atoms with Gasteiger partial charge in [0.2, 0.25) is 0 Å². The van der Waals surface area contributed by atoms with Crippen molar-refractivity contribution in [3.8, 4) is 0 Å². The standard InChI is InChI=1S/C15H18ClNO5S2/c1-10(23-13-4-2-11(16)3-5-13)15(19)22-8-14(18)17-12-6-7-24(20,21)9-12/h2-5,10,12H,6-9H2,1H3,(H,17,18)/t10-,12+/m0/s1. The molecule has 0 saturated carbocycles. The van der Waals surface area contributed by atoms with Crippen molar-refractivity contribution in [2.24, 2.45) is 0 Å². The van der Waals surface area contributed by atoms with E-state index in [2.05, 4.69) is 5.32 Å². The lowest BCUT2D eigenvalue weighted by molar-refractivity contribution is -0.147. The largest absolute Gasteiger partial charge is 0.455 e. The molecule has 1 amide bonds. The summed E-state index contributed by atoms with van der Waals surface area (Å²) < 4.78 is 27.6. The van der Waals surface area contributed by atoms with Crippen molar-refractivity contribution in [3.05, 3.63) is 29.3 Å². The third-order valence-electron chi connectivity index (χ3n) is 3.40. The lowest BCUT2D eigenvalue weighted by atomic mass is 10.2. The molecule has 9 heteroatoms. The maximum atomic E-state index is 11.9. The number of thioether (sulfide) groups is 1. The molecule has 0 radical (unpaired) electrons. The predicted octanol–water partition coefficient (Wildman–Crippen LogP) is 1.67. The van der Waals surface area contributed by atoms with Gasteiger partial charge in [0, 0.05) is 16.0 Å². The third-order valence-corrected chi connectivity index (χ3v) is 6.51. The Bertz CT molecular complexity index is 705. The molecule has 0 spiro atoms. The Morgan fingerprint density at radius 2 is 2.04 bits per heavy atom. The summed E-state index contributed by atoms with van der Waals surface area (Å²) in [5, 5.41) is 2.70. The first-order valence-electron chi connectivity index (χ1n) is 7.34. The van der Waals surface area contributed by atoms with Crippen molar-refractivity contribution >= 4 is 45.1 Å². The maximum absolute atomic E-state index is 11.9. The second-order valence-electron chi connectivity index (χ2n) is 5.49. The van der Waals surface area contributed by atoms with Gasteiger partial charge < -0.3 is 10.1 Å². The highest BCUT2D eigenvalue weighted by Gasteiger charge is 2.29. The molecular weight excluding hydrogens is 374 g/mol. The van der Waals surface area contributed by atoms with Crippen LogP contribution < -0.4 is 5.32 Å². The molecule has 1 aliphatic rings. The molecule has 1 aromatic rings. The minimum Gasteiger partial charge on any atom is -0.455 e. The average molecular weight is 392 g/mol. The lowest BCUT2D eigenvalue weighted by Crippen LogP contribution is -2.38. The van der Waals surface area contributed by atoms with E-state index in [0.29, 0.717) is 11.4 Å². The van der Waals surface area contributed by atoms with Crippen molar-refractivity contribution in [3.63, 3.8) is 0 Å². The molecule has 0 unspecified atom stereocenters. The first kappa shape index (κ1) is 19.1. The van der Waals surface area contributed by atoms with Crippen LogP contribution in [0.25, 0.3) is 0 Å². The van der Waals surface area contributed by atoms with E-state index >= 15 is 0 Å². The van der Waals surface area contributed by atoms with Gasteiger partial charge in [-0.2, -0.15) is 0 Å².